The van der Waals surface area contributed by atoms with E-state index in [-0.39, 0.29) is 22.7 Å². The molecular formula is C13H13NO6. The molecule has 0 spiro atoms. The lowest BCUT2D eigenvalue weighted by Crippen LogP contribution is -1.95. The number of rotatable bonds is 1. The summed E-state index contributed by atoms with van der Waals surface area (Å²) in [6, 6.07) is 8.20. The Labute approximate surface area is 113 Å². The second kappa shape index (κ2) is 6.19. The summed E-state index contributed by atoms with van der Waals surface area (Å²) in [5.41, 5.74) is 5.10. The molecule has 0 unspecified atom stereocenters. The fourth-order valence-electron chi connectivity index (χ4n) is 1.25. The van der Waals surface area contributed by atoms with Gasteiger partial charge in [-0.05, 0) is 24.3 Å². The van der Waals surface area contributed by atoms with Crippen molar-refractivity contribution < 1.29 is 30.3 Å². The molecule has 0 aliphatic carbocycles. The second-order valence-electron chi connectivity index (χ2n) is 3.69. The topological polar surface area (TPSA) is 144 Å². The van der Waals surface area contributed by atoms with Gasteiger partial charge in [-0.25, -0.2) is 4.79 Å². The highest BCUT2D eigenvalue weighted by atomic mass is 16.4. The summed E-state index contributed by atoms with van der Waals surface area (Å²) >= 11 is 0. The van der Waals surface area contributed by atoms with Gasteiger partial charge in [0.1, 0.15) is 5.56 Å². The average molecular weight is 279 g/mol. The molecule has 0 atom stereocenters. The van der Waals surface area contributed by atoms with Crippen molar-refractivity contribution in [2.75, 3.05) is 5.73 Å². The van der Waals surface area contributed by atoms with Crippen LogP contribution in [0.25, 0.3) is 0 Å². The van der Waals surface area contributed by atoms with Crippen LogP contribution >= 0.6 is 0 Å². The van der Waals surface area contributed by atoms with Crippen molar-refractivity contribution in [2.24, 2.45) is 0 Å². The Morgan fingerprint density at radius 2 is 1.35 bits per heavy atom. The zero-order valence-corrected chi connectivity index (χ0v) is 10.2. The Bertz CT molecular complexity index is 606. The second-order valence-corrected chi connectivity index (χ2v) is 3.69. The average Bonchev–Trinajstić information content (AvgIpc) is 2.39. The fraction of sp³-hybridized carbons (Fsp3) is 0. The normalized spacial score (nSPS) is 9.40. The molecule has 7 heteroatoms. The molecular weight excluding hydrogens is 266 g/mol. The summed E-state index contributed by atoms with van der Waals surface area (Å²) in [4.78, 5) is 10.3. The maximum absolute atomic E-state index is 10.3. The van der Waals surface area contributed by atoms with Crippen molar-refractivity contribution >= 4 is 11.7 Å². The third kappa shape index (κ3) is 3.45. The van der Waals surface area contributed by atoms with E-state index in [1.807, 2.05) is 0 Å². The van der Waals surface area contributed by atoms with Crippen molar-refractivity contribution in [3.63, 3.8) is 0 Å². The van der Waals surface area contributed by atoms with Gasteiger partial charge >= 0.3 is 5.97 Å². The first-order valence-corrected chi connectivity index (χ1v) is 5.35. The molecule has 0 aliphatic rings. The summed E-state index contributed by atoms with van der Waals surface area (Å²) in [6.07, 6.45) is 0. The third-order valence-electron chi connectivity index (χ3n) is 2.29. The van der Waals surface area contributed by atoms with Crippen LogP contribution < -0.4 is 5.73 Å². The van der Waals surface area contributed by atoms with Crippen LogP contribution in [0.2, 0.25) is 0 Å². The number of carboxylic acid groups (broad SMARTS) is 1. The van der Waals surface area contributed by atoms with Crippen LogP contribution in [0.3, 0.4) is 0 Å². The summed E-state index contributed by atoms with van der Waals surface area (Å²) in [5.74, 6) is -2.73. The number of hydrogen-bond donors (Lipinski definition) is 6. The first-order chi connectivity index (χ1) is 9.34. The van der Waals surface area contributed by atoms with Crippen molar-refractivity contribution in [1.82, 2.24) is 0 Å². The summed E-state index contributed by atoms with van der Waals surface area (Å²) in [5, 5.41) is 43.8. The van der Waals surface area contributed by atoms with Crippen LogP contribution in [0.15, 0.2) is 36.4 Å². The number of para-hydroxylation sites is 2. The van der Waals surface area contributed by atoms with Crippen LogP contribution in [0.1, 0.15) is 10.4 Å². The Morgan fingerprint density at radius 1 is 0.850 bits per heavy atom. The maximum Gasteiger partial charge on any atom is 0.339 e. The first-order valence-electron chi connectivity index (χ1n) is 5.35. The molecule has 2 aromatic carbocycles. The van der Waals surface area contributed by atoms with Crippen molar-refractivity contribution in [2.45, 2.75) is 0 Å². The van der Waals surface area contributed by atoms with Gasteiger partial charge in [-0.2, -0.15) is 0 Å². The highest BCUT2D eigenvalue weighted by molar-refractivity contribution is 5.91. The highest BCUT2D eigenvalue weighted by Crippen LogP contribution is 2.29. The molecule has 0 aliphatic heterocycles. The number of nitrogen functional groups attached to an aromatic ring is 1. The van der Waals surface area contributed by atoms with E-state index in [4.69, 9.17) is 31.3 Å². The van der Waals surface area contributed by atoms with Gasteiger partial charge in [0.2, 0.25) is 0 Å². The smallest absolute Gasteiger partial charge is 0.339 e. The molecule has 0 bridgehead atoms. The van der Waals surface area contributed by atoms with E-state index < -0.39 is 17.5 Å². The van der Waals surface area contributed by atoms with Crippen LogP contribution in [-0.2, 0) is 0 Å². The molecule has 106 valence electrons. The summed E-state index contributed by atoms with van der Waals surface area (Å²) in [7, 11) is 0. The van der Waals surface area contributed by atoms with Gasteiger partial charge in [0.25, 0.3) is 0 Å². The molecule has 0 fully saturated rings. The molecule has 20 heavy (non-hydrogen) atoms. The quantitative estimate of drug-likeness (QED) is 0.342. The van der Waals surface area contributed by atoms with E-state index in [9.17, 15) is 4.79 Å². The molecule has 0 heterocycles. The SMILES string of the molecule is Nc1cccc(O)c1O.O=C(O)c1cccc(O)c1O. The Balaban J connectivity index is 0.000000204. The predicted octanol–water partition coefficient (Wildman–Crippen LogP) is 1.48. The standard InChI is InChI=1S/C7H6O4.C6H7NO2/c8-5-3-1-2-4(6(5)9)7(10)11;7-4-2-1-3-5(8)6(4)9/h1-3,8-9H,(H,10,11);1-3,8-9H,7H2. The number of anilines is 1. The van der Waals surface area contributed by atoms with E-state index in [1.54, 1.807) is 6.07 Å². The van der Waals surface area contributed by atoms with Gasteiger partial charge in [-0.15, -0.1) is 0 Å². The molecule has 0 saturated carbocycles. The lowest BCUT2D eigenvalue weighted by Gasteiger charge is -1.99. The van der Waals surface area contributed by atoms with Gasteiger partial charge < -0.3 is 31.3 Å². The van der Waals surface area contributed by atoms with Gasteiger partial charge in [-0.3, -0.25) is 0 Å². The van der Waals surface area contributed by atoms with Crippen LogP contribution in [0.5, 0.6) is 23.0 Å². The van der Waals surface area contributed by atoms with Gasteiger partial charge in [-0.1, -0.05) is 12.1 Å². The largest absolute Gasteiger partial charge is 0.504 e. The van der Waals surface area contributed by atoms with E-state index in [0.717, 1.165) is 0 Å². The lowest BCUT2D eigenvalue weighted by atomic mass is 10.2. The Hall–Kier alpha value is -3.09. The number of aromatic carboxylic acids is 1. The van der Waals surface area contributed by atoms with E-state index in [2.05, 4.69) is 0 Å². The molecule has 0 amide bonds. The van der Waals surface area contributed by atoms with Crippen molar-refractivity contribution in [3.05, 3.63) is 42.0 Å². The molecule has 0 saturated heterocycles. The van der Waals surface area contributed by atoms with E-state index in [0.29, 0.717) is 0 Å². The van der Waals surface area contributed by atoms with Crippen LogP contribution in [0.4, 0.5) is 5.69 Å². The molecule has 0 radical (unpaired) electrons. The number of phenols is 4. The van der Waals surface area contributed by atoms with Gasteiger partial charge in [0.05, 0.1) is 5.69 Å². The Kier molecular flexibility index (Phi) is 4.63. The number of carbonyl (C=O) groups is 1. The summed E-state index contributed by atoms with van der Waals surface area (Å²) < 4.78 is 0. The lowest BCUT2D eigenvalue weighted by molar-refractivity contribution is 0.0693. The minimum absolute atomic E-state index is 0.185. The number of phenolic OH excluding ortho intramolecular Hbond substituents is 3. The number of benzene rings is 2. The molecule has 7 nitrogen and oxygen atoms in total. The molecule has 0 aromatic heterocycles. The van der Waals surface area contributed by atoms with Crippen LogP contribution in [0, 0.1) is 0 Å². The number of aromatic hydroxyl groups is 4. The Morgan fingerprint density at radius 3 is 1.75 bits per heavy atom. The van der Waals surface area contributed by atoms with Crippen molar-refractivity contribution in [3.8, 4) is 23.0 Å². The number of nitrogens with two attached hydrogens (primary N) is 1. The molecule has 2 aromatic rings. The zero-order valence-electron chi connectivity index (χ0n) is 10.2. The van der Waals surface area contributed by atoms with Gasteiger partial charge in [0, 0.05) is 0 Å². The third-order valence-corrected chi connectivity index (χ3v) is 2.29. The first kappa shape index (κ1) is 15.0. The van der Waals surface area contributed by atoms with E-state index >= 15 is 0 Å². The summed E-state index contributed by atoms with van der Waals surface area (Å²) in [6.45, 7) is 0. The van der Waals surface area contributed by atoms with Gasteiger partial charge in [0.15, 0.2) is 23.0 Å². The highest BCUT2D eigenvalue weighted by Gasteiger charge is 2.11. The zero-order chi connectivity index (χ0) is 15.3. The van der Waals surface area contributed by atoms with E-state index in [1.165, 1.54) is 30.3 Å². The van der Waals surface area contributed by atoms with Crippen LogP contribution in [-0.4, -0.2) is 31.5 Å². The maximum atomic E-state index is 10.3. The minimum Gasteiger partial charge on any atom is -0.504 e. The fourth-order valence-corrected chi connectivity index (χ4v) is 1.25. The predicted molar refractivity (Wildman–Crippen MR) is 70.9 cm³/mol. The molecule has 2 rings (SSSR count). The number of hydrogen-bond acceptors (Lipinski definition) is 6. The number of carboxylic acids is 1. The molecule has 7 N–H and O–H groups in total. The monoisotopic (exact) mass is 279 g/mol. The van der Waals surface area contributed by atoms with Crippen molar-refractivity contribution in [1.29, 1.82) is 0 Å². The minimum atomic E-state index is -1.27.